The first-order chi connectivity index (χ1) is 16.9. The van der Waals surface area contributed by atoms with Crippen molar-refractivity contribution in [3.05, 3.63) is 82.9 Å². The summed E-state index contributed by atoms with van der Waals surface area (Å²) in [6, 6.07) is 12.3. The number of fused-ring (bicyclic) bond motifs is 1. The third kappa shape index (κ3) is 4.47. The van der Waals surface area contributed by atoms with Gasteiger partial charge in [-0.2, -0.15) is 0 Å². The van der Waals surface area contributed by atoms with Gasteiger partial charge in [-0.15, -0.1) is 5.10 Å². The number of tetrazole rings is 1. The second kappa shape index (κ2) is 9.01. The van der Waals surface area contributed by atoms with Crippen LogP contribution in [0.25, 0.3) is 11.5 Å². The first kappa shape index (κ1) is 22.3. The molecule has 0 atom stereocenters. The van der Waals surface area contributed by atoms with Crippen molar-refractivity contribution in [1.82, 2.24) is 35.1 Å². The van der Waals surface area contributed by atoms with Crippen molar-refractivity contribution in [2.75, 3.05) is 5.32 Å². The Morgan fingerprint density at radius 2 is 1.83 bits per heavy atom. The summed E-state index contributed by atoms with van der Waals surface area (Å²) in [7, 11) is 0. The fourth-order valence-electron chi connectivity index (χ4n) is 3.84. The molecule has 0 aliphatic carbocycles. The topological polar surface area (TPSA) is 119 Å². The van der Waals surface area contributed by atoms with Gasteiger partial charge in [-0.05, 0) is 77.9 Å². The Hall–Kier alpha value is -4.54. The number of nitrogens with zero attached hydrogens (tertiary/aromatic N) is 7. The number of hydrogen-bond donors (Lipinski definition) is 1. The highest BCUT2D eigenvalue weighted by Gasteiger charge is 2.26. The zero-order valence-corrected chi connectivity index (χ0v) is 19.0. The van der Waals surface area contributed by atoms with E-state index >= 15 is 0 Å². The van der Waals surface area contributed by atoms with Crippen LogP contribution in [0.15, 0.2) is 54.7 Å². The molecule has 11 heteroatoms. The predicted molar refractivity (Wildman–Crippen MR) is 124 cm³/mol. The highest BCUT2D eigenvalue weighted by atomic mass is 19.1. The summed E-state index contributed by atoms with van der Waals surface area (Å²) in [4.78, 5) is 36.0. The molecule has 1 aromatic carbocycles. The number of halogens is 1. The summed E-state index contributed by atoms with van der Waals surface area (Å²) in [5, 5.41) is 14.5. The van der Waals surface area contributed by atoms with Gasteiger partial charge in [-0.25, -0.2) is 14.1 Å². The van der Waals surface area contributed by atoms with E-state index in [-0.39, 0.29) is 17.6 Å². The van der Waals surface area contributed by atoms with Gasteiger partial charge in [0.1, 0.15) is 23.0 Å². The summed E-state index contributed by atoms with van der Waals surface area (Å²) in [5.74, 6) is -0.204. The van der Waals surface area contributed by atoms with Crippen molar-refractivity contribution in [3.8, 4) is 11.5 Å². The summed E-state index contributed by atoms with van der Waals surface area (Å²) < 4.78 is 14.8. The van der Waals surface area contributed by atoms with E-state index < -0.39 is 11.7 Å². The Labute approximate surface area is 199 Å². The molecule has 10 nitrogen and oxygen atoms in total. The Morgan fingerprint density at radius 3 is 2.60 bits per heavy atom. The quantitative estimate of drug-likeness (QED) is 0.474. The molecule has 0 bridgehead atoms. The number of carbonyl (C=O) groups is 2. The normalized spacial score (nSPS) is 12.6. The highest BCUT2D eigenvalue weighted by Crippen LogP contribution is 2.25. The third-order valence-corrected chi connectivity index (χ3v) is 5.62. The lowest BCUT2D eigenvalue weighted by atomic mass is 10.1. The molecule has 0 saturated carbocycles. The molecule has 0 fully saturated rings. The molecule has 176 valence electrons. The van der Waals surface area contributed by atoms with Crippen molar-refractivity contribution in [2.45, 2.75) is 33.0 Å². The van der Waals surface area contributed by atoms with Crippen molar-refractivity contribution < 1.29 is 14.0 Å². The number of benzene rings is 1. The Morgan fingerprint density at radius 1 is 1.06 bits per heavy atom. The zero-order chi connectivity index (χ0) is 24.5. The second-order valence-electron chi connectivity index (χ2n) is 8.41. The molecular formula is C24H21FN8O2. The number of pyridine rings is 2. The fourth-order valence-corrected chi connectivity index (χ4v) is 3.84. The van der Waals surface area contributed by atoms with E-state index in [0.717, 1.165) is 11.1 Å². The van der Waals surface area contributed by atoms with E-state index in [9.17, 15) is 14.0 Å². The minimum Gasteiger partial charge on any atom is -0.330 e. The van der Waals surface area contributed by atoms with Gasteiger partial charge in [0.15, 0.2) is 0 Å². The van der Waals surface area contributed by atoms with Crippen LogP contribution in [0.3, 0.4) is 0 Å². The van der Waals surface area contributed by atoms with Crippen molar-refractivity contribution in [1.29, 1.82) is 0 Å². The van der Waals surface area contributed by atoms with E-state index in [1.165, 1.54) is 24.3 Å². The van der Waals surface area contributed by atoms with Crippen molar-refractivity contribution >= 4 is 17.6 Å². The Bertz CT molecular complexity index is 1420. The van der Waals surface area contributed by atoms with Crippen molar-refractivity contribution in [2.24, 2.45) is 0 Å². The number of hydrogen-bond acceptors (Lipinski definition) is 7. The maximum atomic E-state index is 13.2. The number of anilines is 1. The Kier molecular flexibility index (Phi) is 5.73. The van der Waals surface area contributed by atoms with Crippen LogP contribution in [-0.2, 0) is 13.1 Å². The lowest BCUT2D eigenvalue weighted by Gasteiger charge is -2.15. The molecule has 0 unspecified atom stereocenters. The summed E-state index contributed by atoms with van der Waals surface area (Å²) in [6.45, 7) is 4.62. The first-order valence-corrected chi connectivity index (χ1v) is 11.0. The Balaban J connectivity index is 1.30. The SMILES string of the molecule is CC(C)n1nnnc1-c1cccc(NC(=O)c2cc3c(cn2)CN(C(=O)c2ccc(F)cc2)C3)n1. The molecule has 5 rings (SSSR count). The van der Waals surface area contributed by atoms with Crippen LogP contribution in [0.4, 0.5) is 10.2 Å². The van der Waals surface area contributed by atoms with Crippen LogP contribution in [0.5, 0.6) is 0 Å². The van der Waals surface area contributed by atoms with Crippen LogP contribution in [0, 0.1) is 5.82 Å². The number of nitrogens with one attached hydrogen (secondary N) is 1. The van der Waals surface area contributed by atoms with Crippen LogP contribution >= 0.6 is 0 Å². The van der Waals surface area contributed by atoms with E-state index in [0.29, 0.717) is 36.0 Å². The lowest BCUT2D eigenvalue weighted by molar-refractivity contribution is 0.0751. The van der Waals surface area contributed by atoms with Gasteiger partial charge in [0.25, 0.3) is 11.8 Å². The number of rotatable bonds is 5. The number of amides is 2. The van der Waals surface area contributed by atoms with Crippen molar-refractivity contribution in [3.63, 3.8) is 0 Å². The van der Waals surface area contributed by atoms with Crippen LogP contribution in [0.2, 0.25) is 0 Å². The van der Waals surface area contributed by atoms with Gasteiger partial charge in [0.05, 0.1) is 6.04 Å². The molecule has 1 N–H and O–H groups in total. The average molecular weight is 472 g/mol. The minimum atomic E-state index is -0.427. The van der Waals surface area contributed by atoms with Gasteiger partial charge >= 0.3 is 0 Å². The largest absolute Gasteiger partial charge is 0.330 e. The van der Waals surface area contributed by atoms with E-state index in [4.69, 9.17) is 0 Å². The molecule has 4 aromatic rings. The first-order valence-electron chi connectivity index (χ1n) is 11.0. The second-order valence-corrected chi connectivity index (χ2v) is 8.41. The number of aromatic nitrogens is 6. The average Bonchev–Trinajstić information content (AvgIpc) is 3.51. The molecule has 2 amide bonds. The van der Waals surface area contributed by atoms with Crippen LogP contribution < -0.4 is 5.32 Å². The predicted octanol–water partition coefficient (Wildman–Crippen LogP) is 3.26. The summed E-state index contributed by atoms with van der Waals surface area (Å²) >= 11 is 0. The zero-order valence-electron chi connectivity index (χ0n) is 19.0. The van der Waals surface area contributed by atoms with Crippen LogP contribution in [0.1, 0.15) is 51.9 Å². The third-order valence-electron chi connectivity index (χ3n) is 5.62. The fraction of sp³-hybridized carbons (Fsp3) is 0.208. The lowest BCUT2D eigenvalue weighted by Crippen LogP contribution is -2.25. The molecular weight excluding hydrogens is 451 g/mol. The maximum absolute atomic E-state index is 13.2. The van der Waals surface area contributed by atoms with Gasteiger partial charge in [0, 0.05) is 24.8 Å². The minimum absolute atomic E-state index is 0.0464. The molecule has 1 aliphatic rings. The summed E-state index contributed by atoms with van der Waals surface area (Å²) in [6.07, 6.45) is 1.60. The van der Waals surface area contributed by atoms with Gasteiger partial charge in [0.2, 0.25) is 5.82 Å². The summed E-state index contributed by atoms with van der Waals surface area (Å²) in [5.41, 5.74) is 2.83. The molecule has 3 aromatic heterocycles. The number of carbonyl (C=O) groups excluding carboxylic acids is 2. The molecule has 1 aliphatic heterocycles. The van der Waals surface area contributed by atoms with Gasteiger partial charge in [-0.3, -0.25) is 14.6 Å². The monoisotopic (exact) mass is 472 g/mol. The van der Waals surface area contributed by atoms with E-state index in [1.807, 2.05) is 13.8 Å². The molecule has 0 spiro atoms. The molecule has 0 saturated heterocycles. The van der Waals surface area contributed by atoms with Gasteiger partial charge < -0.3 is 10.2 Å². The van der Waals surface area contributed by atoms with E-state index in [1.54, 1.807) is 40.0 Å². The van der Waals surface area contributed by atoms with Gasteiger partial charge in [-0.1, -0.05) is 6.07 Å². The highest BCUT2D eigenvalue weighted by molar-refractivity contribution is 6.02. The maximum Gasteiger partial charge on any atom is 0.275 e. The van der Waals surface area contributed by atoms with Crippen LogP contribution in [-0.4, -0.2) is 46.9 Å². The smallest absolute Gasteiger partial charge is 0.275 e. The molecule has 4 heterocycles. The molecule has 35 heavy (non-hydrogen) atoms. The standard InChI is InChI=1S/C24H21FN8O2/c1-14(2)33-22(29-30-31-33)19-4-3-5-21(27-19)28-23(34)20-10-16-12-32(13-17(16)11-26-20)24(35)15-6-8-18(25)9-7-15/h3-11,14H,12-13H2,1-2H3,(H,27,28,34). The van der Waals surface area contributed by atoms with E-state index in [2.05, 4.69) is 30.8 Å². The molecule has 0 radical (unpaired) electrons.